The number of carboxylic acids is 2. The number of hydrogen-bond acceptors (Lipinski definition) is 2. The van der Waals surface area contributed by atoms with Crippen LogP contribution >= 0.6 is 0 Å². The lowest BCUT2D eigenvalue weighted by Crippen LogP contribution is -1.99. The van der Waals surface area contributed by atoms with Gasteiger partial charge in [0.2, 0.25) is 0 Å². The predicted molar refractivity (Wildman–Crippen MR) is 89.4 cm³/mol. The molecule has 23 heavy (non-hydrogen) atoms. The molecule has 4 heteroatoms. The summed E-state index contributed by atoms with van der Waals surface area (Å²) in [6.45, 7) is 5.51. The first-order valence-electron chi connectivity index (χ1n) is 7.24. The van der Waals surface area contributed by atoms with Crippen LogP contribution in [0.5, 0.6) is 0 Å². The molecule has 0 fully saturated rings. The Morgan fingerprint density at radius 2 is 2.04 bits per heavy atom. The highest BCUT2D eigenvalue weighted by Gasteiger charge is 2.25. The number of hydrogen-bond donors (Lipinski definition) is 2. The van der Waals surface area contributed by atoms with Gasteiger partial charge in [-0.05, 0) is 53.3 Å². The lowest BCUT2D eigenvalue weighted by atomic mass is 9.94. The fourth-order valence-corrected chi connectivity index (χ4v) is 2.79. The Kier molecular flexibility index (Phi) is 4.96. The number of benzene rings is 1. The fourth-order valence-electron chi connectivity index (χ4n) is 2.79. The van der Waals surface area contributed by atoms with Crippen molar-refractivity contribution in [2.24, 2.45) is 0 Å². The topological polar surface area (TPSA) is 74.6 Å². The van der Waals surface area contributed by atoms with Crippen molar-refractivity contribution in [2.45, 2.75) is 19.8 Å². The summed E-state index contributed by atoms with van der Waals surface area (Å²) in [4.78, 5) is 22.4. The minimum absolute atomic E-state index is 0.0638. The van der Waals surface area contributed by atoms with Gasteiger partial charge in [0.15, 0.2) is 0 Å². The van der Waals surface area contributed by atoms with Gasteiger partial charge in [-0.15, -0.1) is 0 Å². The van der Waals surface area contributed by atoms with Gasteiger partial charge < -0.3 is 10.2 Å². The van der Waals surface area contributed by atoms with E-state index >= 15 is 0 Å². The molecule has 0 unspecified atom stereocenters. The molecule has 0 saturated heterocycles. The van der Waals surface area contributed by atoms with Gasteiger partial charge in [0.05, 0.1) is 12.0 Å². The molecule has 0 aliphatic heterocycles. The number of aliphatic carboxylic acids is 1. The van der Waals surface area contributed by atoms with Gasteiger partial charge in [-0.25, -0.2) is 4.79 Å². The Labute approximate surface area is 134 Å². The maximum atomic E-state index is 11.2. The summed E-state index contributed by atoms with van der Waals surface area (Å²) in [5, 5.41) is 18.4. The first-order chi connectivity index (χ1) is 11.0. The van der Waals surface area contributed by atoms with E-state index in [-0.39, 0.29) is 12.0 Å². The van der Waals surface area contributed by atoms with Crippen LogP contribution in [0.3, 0.4) is 0 Å². The molecule has 0 spiro atoms. The molecule has 0 atom stereocenters. The second kappa shape index (κ2) is 6.92. The molecule has 4 nitrogen and oxygen atoms in total. The standard InChI is InChI=1S/C19H18O4/c1-3-5-6-12(4-2)18-15(11-17(20)21)9-13-7-8-14(19(22)23)10-16(13)18/h3-8,10H,1,9,11H2,2H3,(H,20,21)(H,22,23)/b6-5-,12-4+. The van der Waals surface area contributed by atoms with Gasteiger partial charge in [-0.2, -0.15) is 0 Å². The second-order valence-electron chi connectivity index (χ2n) is 5.24. The molecule has 0 amide bonds. The molecule has 1 aromatic carbocycles. The van der Waals surface area contributed by atoms with Gasteiger partial charge in [0.25, 0.3) is 0 Å². The molecule has 1 aliphatic rings. The van der Waals surface area contributed by atoms with Gasteiger partial charge in [0, 0.05) is 0 Å². The van der Waals surface area contributed by atoms with Crippen molar-refractivity contribution in [2.75, 3.05) is 0 Å². The summed E-state index contributed by atoms with van der Waals surface area (Å²) in [6, 6.07) is 4.93. The SMILES string of the molecule is C=C/C=C\C(=C/C)C1=C(CC(=O)O)Cc2ccc(C(=O)O)cc21. The number of allylic oxidation sites excluding steroid dienone is 6. The Balaban J connectivity index is 2.62. The van der Waals surface area contributed by atoms with Crippen molar-refractivity contribution in [3.8, 4) is 0 Å². The highest BCUT2D eigenvalue weighted by molar-refractivity contribution is 5.95. The molecule has 118 valence electrons. The molecule has 0 aromatic heterocycles. The van der Waals surface area contributed by atoms with Crippen LogP contribution in [-0.2, 0) is 11.2 Å². The van der Waals surface area contributed by atoms with Gasteiger partial charge in [-0.3, -0.25) is 4.79 Å². The zero-order valence-corrected chi connectivity index (χ0v) is 12.9. The summed E-state index contributed by atoms with van der Waals surface area (Å²) >= 11 is 0. The maximum Gasteiger partial charge on any atom is 0.335 e. The molecular formula is C19H18O4. The summed E-state index contributed by atoms with van der Waals surface area (Å²) < 4.78 is 0. The number of carboxylic acid groups (broad SMARTS) is 2. The van der Waals surface area contributed by atoms with E-state index in [1.807, 2.05) is 19.1 Å². The largest absolute Gasteiger partial charge is 0.481 e. The normalized spacial score (nSPS) is 14.2. The number of rotatable bonds is 6. The molecule has 0 saturated carbocycles. The Hall–Kier alpha value is -2.88. The van der Waals surface area contributed by atoms with Crippen molar-refractivity contribution >= 4 is 17.5 Å². The van der Waals surface area contributed by atoms with Crippen LogP contribution in [0.4, 0.5) is 0 Å². The smallest absolute Gasteiger partial charge is 0.335 e. The zero-order chi connectivity index (χ0) is 17.0. The first-order valence-corrected chi connectivity index (χ1v) is 7.24. The first kappa shape index (κ1) is 16.5. The van der Waals surface area contributed by atoms with Crippen molar-refractivity contribution < 1.29 is 19.8 Å². The fraction of sp³-hybridized carbons (Fsp3) is 0.158. The predicted octanol–water partition coefficient (Wildman–Crippen LogP) is 3.86. The number of carbonyl (C=O) groups is 2. The van der Waals surface area contributed by atoms with Gasteiger partial charge >= 0.3 is 11.9 Å². The quantitative estimate of drug-likeness (QED) is 0.782. The van der Waals surface area contributed by atoms with Crippen LogP contribution in [0.1, 0.15) is 34.8 Å². The summed E-state index contributed by atoms with van der Waals surface area (Å²) in [7, 11) is 0. The lowest BCUT2D eigenvalue weighted by Gasteiger charge is -2.10. The minimum atomic E-state index is -0.998. The molecule has 0 radical (unpaired) electrons. The van der Waals surface area contributed by atoms with Crippen LogP contribution < -0.4 is 0 Å². The van der Waals surface area contributed by atoms with E-state index in [0.29, 0.717) is 6.42 Å². The average molecular weight is 310 g/mol. The summed E-state index contributed by atoms with van der Waals surface area (Å²) in [5.74, 6) is -1.89. The lowest BCUT2D eigenvalue weighted by molar-refractivity contribution is -0.136. The van der Waals surface area contributed by atoms with Crippen molar-refractivity contribution in [1.29, 1.82) is 0 Å². The van der Waals surface area contributed by atoms with Crippen molar-refractivity contribution in [3.05, 3.63) is 76.9 Å². The summed E-state index contributed by atoms with van der Waals surface area (Å²) in [6.07, 6.45) is 7.62. The second-order valence-corrected chi connectivity index (χ2v) is 5.24. The van der Waals surface area contributed by atoms with Gasteiger partial charge in [-0.1, -0.05) is 36.9 Å². The van der Waals surface area contributed by atoms with E-state index in [9.17, 15) is 14.7 Å². The van der Waals surface area contributed by atoms with Crippen LogP contribution in [0.25, 0.3) is 5.57 Å². The molecule has 2 N–H and O–H groups in total. The van der Waals surface area contributed by atoms with E-state index in [1.54, 1.807) is 30.4 Å². The Morgan fingerprint density at radius 1 is 1.30 bits per heavy atom. The average Bonchev–Trinajstić information content (AvgIpc) is 2.84. The zero-order valence-electron chi connectivity index (χ0n) is 12.9. The van der Waals surface area contributed by atoms with Crippen LogP contribution in [0.15, 0.2) is 60.2 Å². The molecule has 1 aromatic rings. The molecule has 0 heterocycles. The van der Waals surface area contributed by atoms with E-state index in [2.05, 4.69) is 6.58 Å². The highest BCUT2D eigenvalue weighted by atomic mass is 16.4. The Bertz CT molecular complexity index is 764. The van der Waals surface area contributed by atoms with E-state index in [0.717, 1.165) is 27.8 Å². The molecular weight excluding hydrogens is 292 g/mol. The highest BCUT2D eigenvalue weighted by Crippen LogP contribution is 2.40. The van der Waals surface area contributed by atoms with Crippen LogP contribution in [0, 0.1) is 0 Å². The van der Waals surface area contributed by atoms with E-state index in [4.69, 9.17) is 5.11 Å². The maximum absolute atomic E-state index is 11.2. The third-order valence-corrected chi connectivity index (χ3v) is 3.76. The molecule has 1 aliphatic carbocycles. The number of aromatic carboxylic acids is 1. The third-order valence-electron chi connectivity index (χ3n) is 3.76. The van der Waals surface area contributed by atoms with E-state index < -0.39 is 11.9 Å². The number of fused-ring (bicyclic) bond motifs is 1. The monoisotopic (exact) mass is 310 g/mol. The molecule has 2 rings (SSSR count). The van der Waals surface area contributed by atoms with Gasteiger partial charge in [0.1, 0.15) is 0 Å². The Morgan fingerprint density at radius 3 is 2.61 bits per heavy atom. The summed E-state index contributed by atoms with van der Waals surface area (Å²) in [5.41, 5.74) is 4.40. The van der Waals surface area contributed by atoms with Crippen molar-refractivity contribution in [1.82, 2.24) is 0 Å². The minimum Gasteiger partial charge on any atom is -0.481 e. The third kappa shape index (κ3) is 3.48. The molecule has 0 bridgehead atoms. The van der Waals surface area contributed by atoms with Crippen LogP contribution in [-0.4, -0.2) is 22.2 Å². The van der Waals surface area contributed by atoms with E-state index in [1.165, 1.54) is 0 Å². The van der Waals surface area contributed by atoms with Crippen molar-refractivity contribution in [3.63, 3.8) is 0 Å². The van der Waals surface area contributed by atoms with Crippen LogP contribution in [0.2, 0.25) is 0 Å².